The molecule has 2 aromatic heterocycles. The molecule has 3 heterocycles. The lowest BCUT2D eigenvalue weighted by atomic mass is 9.97. The summed E-state index contributed by atoms with van der Waals surface area (Å²) in [5.41, 5.74) is 3.33. The molecule has 0 saturated carbocycles. The molecule has 182 valence electrons. The van der Waals surface area contributed by atoms with E-state index >= 15 is 0 Å². The van der Waals surface area contributed by atoms with Crippen LogP contribution in [0.15, 0.2) is 22.8 Å². The van der Waals surface area contributed by atoms with Crippen molar-refractivity contribution in [2.75, 3.05) is 38.8 Å². The summed E-state index contributed by atoms with van der Waals surface area (Å²) < 4.78 is 21.0. The molecule has 0 aliphatic carbocycles. The molecule has 0 spiro atoms. The van der Waals surface area contributed by atoms with Crippen molar-refractivity contribution in [3.63, 3.8) is 0 Å². The minimum atomic E-state index is -0.165. The zero-order valence-corrected chi connectivity index (χ0v) is 20.1. The largest absolute Gasteiger partial charge is 0.493 e. The number of methoxy groups -OCH3 is 2. The number of esters is 1. The molecule has 1 aromatic carbocycles. The van der Waals surface area contributed by atoms with Gasteiger partial charge in [-0.05, 0) is 38.8 Å². The van der Waals surface area contributed by atoms with Crippen LogP contribution in [0.2, 0.25) is 0 Å². The fourth-order valence-corrected chi connectivity index (χ4v) is 4.29. The number of carbonyl (C=O) groups is 1. The number of aromatic nitrogens is 3. The molecule has 34 heavy (non-hydrogen) atoms. The second kappa shape index (κ2) is 10.7. The van der Waals surface area contributed by atoms with Gasteiger partial charge in [0.05, 0.1) is 32.3 Å². The zero-order valence-electron chi connectivity index (χ0n) is 20.1. The average Bonchev–Trinajstić information content (AvgIpc) is 3.27. The summed E-state index contributed by atoms with van der Waals surface area (Å²) in [5, 5.41) is 12.1. The predicted octanol–water partition coefficient (Wildman–Crippen LogP) is 3.01. The summed E-state index contributed by atoms with van der Waals surface area (Å²) in [6.45, 7) is 6.55. The molecule has 1 atom stereocenters. The minimum absolute atomic E-state index is 0.145. The second-order valence-corrected chi connectivity index (χ2v) is 8.31. The van der Waals surface area contributed by atoms with Crippen LogP contribution in [-0.2, 0) is 22.6 Å². The fraction of sp³-hybridized carbons (Fsp3) is 0.500. The van der Waals surface area contributed by atoms with Crippen LogP contribution in [0.25, 0.3) is 10.9 Å². The van der Waals surface area contributed by atoms with E-state index in [1.54, 1.807) is 14.2 Å². The van der Waals surface area contributed by atoms with E-state index in [-0.39, 0.29) is 11.9 Å². The number of benzene rings is 1. The van der Waals surface area contributed by atoms with Gasteiger partial charge in [-0.15, -0.1) is 0 Å². The van der Waals surface area contributed by atoms with Gasteiger partial charge in [-0.3, -0.25) is 4.79 Å². The number of carbonyl (C=O) groups excluding carboxylic acids is 1. The Hall–Kier alpha value is -3.40. The van der Waals surface area contributed by atoms with E-state index in [2.05, 4.69) is 26.6 Å². The summed E-state index contributed by atoms with van der Waals surface area (Å²) in [7, 11) is 3.23. The Labute approximate surface area is 198 Å². The Morgan fingerprint density at radius 3 is 2.68 bits per heavy atom. The van der Waals surface area contributed by atoms with E-state index in [9.17, 15) is 4.79 Å². The SMILES string of the molecule is CCOC(=O)[C@@H]1CCCN(c2nc3cc(OC)c(OC)cc3cc2CNCc2nonc2C)C1. The highest BCUT2D eigenvalue weighted by Gasteiger charge is 2.29. The van der Waals surface area contributed by atoms with E-state index in [0.29, 0.717) is 37.7 Å². The van der Waals surface area contributed by atoms with E-state index < -0.39 is 0 Å². The Bertz CT molecular complexity index is 1150. The van der Waals surface area contributed by atoms with Crippen molar-refractivity contribution in [3.8, 4) is 11.5 Å². The van der Waals surface area contributed by atoms with Crippen molar-refractivity contribution in [1.82, 2.24) is 20.6 Å². The van der Waals surface area contributed by atoms with Crippen LogP contribution in [0.3, 0.4) is 0 Å². The summed E-state index contributed by atoms with van der Waals surface area (Å²) in [4.78, 5) is 19.6. The maximum absolute atomic E-state index is 12.4. The van der Waals surface area contributed by atoms with Crippen LogP contribution < -0.4 is 19.7 Å². The number of anilines is 1. The lowest BCUT2D eigenvalue weighted by Gasteiger charge is -2.34. The van der Waals surface area contributed by atoms with Crippen LogP contribution >= 0.6 is 0 Å². The highest BCUT2D eigenvalue weighted by molar-refractivity contribution is 5.85. The van der Waals surface area contributed by atoms with Crippen molar-refractivity contribution in [3.05, 3.63) is 35.2 Å². The lowest BCUT2D eigenvalue weighted by molar-refractivity contribution is -0.148. The van der Waals surface area contributed by atoms with E-state index in [1.807, 2.05) is 26.0 Å². The standard InChI is InChI=1S/C24H31N5O5/c1-5-33-24(30)16-7-6-8-29(14-16)23-18(12-25-13-20-15(2)27-34-28-20)9-17-10-21(31-3)22(32-4)11-19(17)26-23/h9-11,16,25H,5-8,12-14H2,1-4H3/t16-/m1/s1. The molecule has 1 fully saturated rings. The molecule has 0 unspecified atom stereocenters. The summed E-state index contributed by atoms with van der Waals surface area (Å²) in [6.07, 6.45) is 1.71. The van der Waals surface area contributed by atoms with Crippen molar-refractivity contribution in [2.45, 2.75) is 39.8 Å². The van der Waals surface area contributed by atoms with Gasteiger partial charge in [-0.2, -0.15) is 0 Å². The summed E-state index contributed by atoms with van der Waals surface area (Å²) >= 11 is 0. The molecule has 10 heteroatoms. The number of rotatable bonds is 9. The van der Waals surface area contributed by atoms with Gasteiger partial charge in [0.1, 0.15) is 17.2 Å². The third-order valence-electron chi connectivity index (χ3n) is 6.07. The number of aryl methyl sites for hydroxylation is 1. The molecule has 4 rings (SSSR count). The Balaban J connectivity index is 1.67. The molecule has 1 aliphatic heterocycles. The van der Waals surface area contributed by atoms with Crippen LogP contribution in [0, 0.1) is 12.8 Å². The van der Waals surface area contributed by atoms with Crippen molar-refractivity contribution in [1.29, 1.82) is 0 Å². The maximum Gasteiger partial charge on any atom is 0.310 e. The van der Waals surface area contributed by atoms with Gasteiger partial charge < -0.3 is 24.4 Å². The molecule has 0 amide bonds. The Morgan fingerprint density at radius 1 is 1.18 bits per heavy atom. The van der Waals surface area contributed by atoms with Crippen LogP contribution in [0.1, 0.15) is 36.7 Å². The number of nitrogens with zero attached hydrogens (tertiary/aromatic N) is 4. The van der Waals surface area contributed by atoms with Crippen LogP contribution in [0.5, 0.6) is 11.5 Å². The van der Waals surface area contributed by atoms with E-state index in [0.717, 1.165) is 53.1 Å². The van der Waals surface area contributed by atoms with Crippen LogP contribution in [0.4, 0.5) is 5.82 Å². The van der Waals surface area contributed by atoms with Gasteiger partial charge in [0.25, 0.3) is 0 Å². The third kappa shape index (κ3) is 5.06. The molecule has 0 bridgehead atoms. The number of fused-ring (bicyclic) bond motifs is 1. The number of hydrogen-bond acceptors (Lipinski definition) is 10. The van der Waals surface area contributed by atoms with Gasteiger partial charge in [-0.1, -0.05) is 10.3 Å². The number of ether oxygens (including phenoxy) is 3. The van der Waals surface area contributed by atoms with E-state index in [1.165, 1.54) is 0 Å². The molecular formula is C24H31N5O5. The molecule has 0 radical (unpaired) electrons. The van der Waals surface area contributed by atoms with Gasteiger partial charge in [0.15, 0.2) is 11.5 Å². The van der Waals surface area contributed by atoms with Crippen molar-refractivity contribution >= 4 is 22.7 Å². The Kier molecular flexibility index (Phi) is 7.46. The average molecular weight is 470 g/mol. The summed E-state index contributed by atoms with van der Waals surface area (Å²) in [5.74, 6) is 1.80. The highest BCUT2D eigenvalue weighted by atomic mass is 16.6. The van der Waals surface area contributed by atoms with Gasteiger partial charge >= 0.3 is 5.97 Å². The number of nitrogens with one attached hydrogen (secondary N) is 1. The first-order valence-electron chi connectivity index (χ1n) is 11.5. The number of pyridine rings is 1. The molecule has 3 aromatic rings. The quantitative estimate of drug-likeness (QED) is 0.469. The molecule has 1 N–H and O–H groups in total. The first kappa shape index (κ1) is 23.7. The molecule has 10 nitrogen and oxygen atoms in total. The van der Waals surface area contributed by atoms with Gasteiger partial charge in [0, 0.05) is 43.2 Å². The predicted molar refractivity (Wildman–Crippen MR) is 126 cm³/mol. The van der Waals surface area contributed by atoms with Crippen molar-refractivity contribution in [2.24, 2.45) is 5.92 Å². The fourth-order valence-electron chi connectivity index (χ4n) is 4.29. The first-order chi connectivity index (χ1) is 16.5. The summed E-state index contributed by atoms with van der Waals surface area (Å²) in [6, 6.07) is 5.92. The lowest BCUT2D eigenvalue weighted by Crippen LogP contribution is -2.40. The highest BCUT2D eigenvalue weighted by Crippen LogP contribution is 2.35. The molecular weight excluding hydrogens is 438 g/mol. The number of hydrogen-bond donors (Lipinski definition) is 1. The van der Waals surface area contributed by atoms with E-state index in [4.69, 9.17) is 23.8 Å². The minimum Gasteiger partial charge on any atom is -0.493 e. The topological polar surface area (TPSA) is 112 Å². The molecule has 1 saturated heterocycles. The second-order valence-electron chi connectivity index (χ2n) is 8.31. The van der Waals surface area contributed by atoms with Gasteiger partial charge in [-0.25, -0.2) is 9.61 Å². The third-order valence-corrected chi connectivity index (χ3v) is 6.07. The van der Waals surface area contributed by atoms with Crippen molar-refractivity contribution < 1.29 is 23.6 Å². The number of piperidine rings is 1. The maximum atomic E-state index is 12.4. The van der Waals surface area contributed by atoms with Crippen LogP contribution in [-0.4, -0.2) is 55.2 Å². The monoisotopic (exact) mass is 469 g/mol. The smallest absolute Gasteiger partial charge is 0.310 e. The molecule has 1 aliphatic rings. The van der Waals surface area contributed by atoms with Gasteiger partial charge in [0.2, 0.25) is 0 Å². The Morgan fingerprint density at radius 2 is 1.97 bits per heavy atom. The normalized spacial score (nSPS) is 16.0. The first-order valence-corrected chi connectivity index (χ1v) is 11.5. The zero-order chi connectivity index (χ0) is 24.1.